The van der Waals surface area contributed by atoms with Gasteiger partial charge in [-0.25, -0.2) is 9.97 Å². The van der Waals surface area contributed by atoms with E-state index in [4.69, 9.17) is 5.26 Å². The lowest BCUT2D eigenvalue weighted by Gasteiger charge is -2.15. The summed E-state index contributed by atoms with van der Waals surface area (Å²) >= 11 is 0. The van der Waals surface area contributed by atoms with Gasteiger partial charge in [-0.1, -0.05) is 6.92 Å². The van der Waals surface area contributed by atoms with E-state index in [9.17, 15) is 0 Å². The van der Waals surface area contributed by atoms with E-state index in [1.165, 1.54) is 0 Å². The van der Waals surface area contributed by atoms with Gasteiger partial charge >= 0.3 is 0 Å². The van der Waals surface area contributed by atoms with Crippen molar-refractivity contribution in [1.29, 1.82) is 5.26 Å². The first-order valence-corrected chi connectivity index (χ1v) is 5.45. The van der Waals surface area contributed by atoms with Gasteiger partial charge in [-0.15, -0.1) is 0 Å². The van der Waals surface area contributed by atoms with Gasteiger partial charge in [-0.2, -0.15) is 5.26 Å². The van der Waals surface area contributed by atoms with Gasteiger partial charge in [0, 0.05) is 24.3 Å². The van der Waals surface area contributed by atoms with Gasteiger partial charge in [-0.3, -0.25) is 0 Å². The molecule has 2 heterocycles. The third-order valence-corrected chi connectivity index (χ3v) is 2.47. The maximum absolute atomic E-state index is 8.78. The van der Waals surface area contributed by atoms with E-state index in [-0.39, 0.29) is 6.04 Å². The van der Waals surface area contributed by atoms with Crippen LogP contribution in [0.4, 0.5) is 5.69 Å². The molecular formula is C12H13N5. The SMILES string of the molecule is CCC(Nc1ccnc(C#N)c1)c1ncc[nH]1. The molecule has 1 atom stereocenters. The molecule has 0 aliphatic carbocycles. The Hall–Kier alpha value is -2.35. The third-order valence-electron chi connectivity index (χ3n) is 2.47. The number of hydrogen-bond acceptors (Lipinski definition) is 4. The molecule has 0 saturated heterocycles. The summed E-state index contributed by atoms with van der Waals surface area (Å²) in [5.41, 5.74) is 1.28. The van der Waals surface area contributed by atoms with Gasteiger partial charge in [-0.05, 0) is 18.6 Å². The fourth-order valence-corrected chi connectivity index (χ4v) is 1.61. The smallest absolute Gasteiger partial charge is 0.142 e. The van der Waals surface area contributed by atoms with Crippen molar-refractivity contribution < 1.29 is 0 Å². The highest BCUT2D eigenvalue weighted by atomic mass is 15.0. The number of hydrogen-bond donors (Lipinski definition) is 2. The molecule has 0 radical (unpaired) electrons. The van der Waals surface area contributed by atoms with Crippen molar-refractivity contribution in [2.24, 2.45) is 0 Å². The summed E-state index contributed by atoms with van der Waals surface area (Å²) in [7, 11) is 0. The quantitative estimate of drug-likeness (QED) is 0.839. The summed E-state index contributed by atoms with van der Waals surface area (Å²) < 4.78 is 0. The molecule has 0 aliphatic heterocycles. The lowest BCUT2D eigenvalue weighted by molar-refractivity contribution is 0.704. The topological polar surface area (TPSA) is 77.4 Å². The van der Waals surface area contributed by atoms with Crippen LogP contribution in [0.1, 0.15) is 30.9 Å². The number of aromatic amines is 1. The molecule has 2 rings (SSSR count). The normalized spacial score (nSPS) is 11.8. The van der Waals surface area contributed by atoms with Gasteiger partial charge in [0.1, 0.15) is 17.6 Å². The predicted octanol–water partition coefficient (Wildman–Crippen LogP) is 2.24. The molecule has 5 heteroatoms. The molecule has 2 aromatic rings. The zero-order valence-electron chi connectivity index (χ0n) is 9.51. The van der Waals surface area contributed by atoms with Gasteiger partial charge in [0.2, 0.25) is 0 Å². The zero-order chi connectivity index (χ0) is 12.1. The maximum Gasteiger partial charge on any atom is 0.142 e. The average Bonchev–Trinajstić information content (AvgIpc) is 2.90. The molecule has 86 valence electrons. The van der Waals surface area contributed by atoms with Crippen LogP contribution in [0.3, 0.4) is 0 Å². The second-order valence-electron chi connectivity index (χ2n) is 3.62. The number of pyridine rings is 1. The first-order chi connectivity index (χ1) is 8.33. The van der Waals surface area contributed by atoms with E-state index < -0.39 is 0 Å². The Morgan fingerprint density at radius 1 is 1.47 bits per heavy atom. The molecule has 0 saturated carbocycles. The molecule has 1 unspecified atom stereocenters. The Morgan fingerprint density at radius 3 is 3.00 bits per heavy atom. The zero-order valence-corrected chi connectivity index (χ0v) is 9.51. The van der Waals surface area contributed by atoms with E-state index in [2.05, 4.69) is 27.2 Å². The van der Waals surface area contributed by atoms with Gasteiger partial charge in [0.15, 0.2) is 0 Å². The van der Waals surface area contributed by atoms with Crippen molar-refractivity contribution in [3.8, 4) is 6.07 Å². The lowest BCUT2D eigenvalue weighted by atomic mass is 10.2. The van der Waals surface area contributed by atoms with Gasteiger partial charge in [0.05, 0.1) is 6.04 Å². The molecule has 0 aliphatic rings. The van der Waals surface area contributed by atoms with Crippen LogP contribution < -0.4 is 5.32 Å². The summed E-state index contributed by atoms with van der Waals surface area (Å²) in [6.07, 6.45) is 6.05. The number of H-pyrrole nitrogens is 1. The minimum absolute atomic E-state index is 0.110. The number of anilines is 1. The van der Waals surface area contributed by atoms with E-state index in [0.717, 1.165) is 17.9 Å². The van der Waals surface area contributed by atoms with Crippen LogP contribution in [0, 0.1) is 11.3 Å². The minimum atomic E-state index is 0.110. The van der Waals surface area contributed by atoms with E-state index in [1.807, 2.05) is 12.1 Å². The Bertz CT molecular complexity index is 512. The molecule has 2 aromatic heterocycles. The van der Waals surface area contributed by atoms with Gasteiger partial charge in [0.25, 0.3) is 0 Å². The largest absolute Gasteiger partial charge is 0.375 e. The summed E-state index contributed by atoms with van der Waals surface area (Å²) in [6.45, 7) is 2.08. The van der Waals surface area contributed by atoms with Crippen molar-refractivity contribution in [2.45, 2.75) is 19.4 Å². The monoisotopic (exact) mass is 227 g/mol. The fraction of sp³-hybridized carbons (Fsp3) is 0.250. The number of nitrogens with zero attached hydrogens (tertiary/aromatic N) is 3. The standard InChI is InChI=1S/C12H13N5/c1-2-11(12-15-5-6-16-12)17-9-3-4-14-10(7-9)8-13/h3-7,11H,2H2,1H3,(H,14,17)(H,15,16). The number of rotatable bonds is 4. The molecule has 0 spiro atoms. The molecule has 2 N–H and O–H groups in total. The van der Waals surface area contributed by atoms with Crippen LogP contribution in [-0.4, -0.2) is 15.0 Å². The summed E-state index contributed by atoms with van der Waals surface area (Å²) in [6, 6.07) is 5.70. The number of nitriles is 1. The predicted molar refractivity (Wildman–Crippen MR) is 64.2 cm³/mol. The summed E-state index contributed by atoms with van der Waals surface area (Å²) in [4.78, 5) is 11.2. The molecule has 0 fully saturated rings. The van der Waals surface area contributed by atoms with Gasteiger partial charge < -0.3 is 10.3 Å². The van der Waals surface area contributed by atoms with Crippen molar-refractivity contribution in [1.82, 2.24) is 15.0 Å². The third kappa shape index (κ3) is 2.61. The number of nitrogens with one attached hydrogen (secondary N) is 2. The second-order valence-corrected chi connectivity index (χ2v) is 3.62. The Labute approximate surface area is 99.5 Å². The maximum atomic E-state index is 8.78. The first-order valence-electron chi connectivity index (χ1n) is 5.45. The molecule has 5 nitrogen and oxygen atoms in total. The second kappa shape index (κ2) is 5.12. The Balaban J connectivity index is 2.16. The van der Waals surface area contributed by atoms with Crippen LogP contribution in [0.2, 0.25) is 0 Å². The van der Waals surface area contributed by atoms with Crippen LogP contribution in [0.5, 0.6) is 0 Å². The number of imidazole rings is 1. The molecule has 0 aromatic carbocycles. The van der Waals surface area contributed by atoms with Crippen molar-refractivity contribution in [3.05, 3.63) is 42.2 Å². The summed E-state index contributed by atoms with van der Waals surface area (Å²) in [5.74, 6) is 0.891. The van der Waals surface area contributed by atoms with Crippen LogP contribution in [-0.2, 0) is 0 Å². The molecule has 0 bridgehead atoms. The highest BCUT2D eigenvalue weighted by Crippen LogP contribution is 2.19. The van der Waals surface area contributed by atoms with E-state index in [1.54, 1.807) is 24.7 Å². The number of aromatic nitrogens is 3. The van der Waals surface area contributed by atoms with E-state index >= 15 is 0 Å². The van der Waals surface area contributed by atoms with Crippen molar-refractivity contribution in [3.63, 3.8) is 0 Å². The first kappa shape index (κ1) is 11.1. The highest BCUT2D eigenvalue weighted by molar-refractivity contribution is 5.47. The Morgan fingerprint density at radius 2 is 2.35 bits per heavy atom. The molecule has 17 heavy (non-hydrogen) atoms. The molecular weight excluding hydrogens is 214 g/mol. The van der Waals surface area contributed by atoms with Crippen molar-refractivity contribution >= 4 is 5.69 Å². The summed E-state index contributed by atoms with van der Waals surface area (Å²) in [5, 5.41) is 12.1. The fourth-order valence-electron chi connectivity index (χ4n) is 1.61. The average molecular weight is 227 g/mol. The van der Waals surface area contributed by atoms with Crippen LogP contribution in [0.15, 0.2) is 30.7 Å². The Kier molecular flexibility index (Phi) is 3.36. The highest BCUT2D eigenvalue weighted by Gasteiger charge is 2.11. The van der Waals surface area contributed by atoms with E-state index in [0.29, 0.717) is 5.69 Å². The minimum Gasteiger partial charge on any atom is -0.375 e. The van der Waals surface area contributed by atoms with Crippen molar-refractivity contribution in [2.75, 3.05) is 5.32 Å². The van der Waals surface area contributed by atoms with Crippen LogP contribution >= 0.6 is 0 Å². The molecule has 0 amide bonds. The van der Waals surface area contributed by atoms with Crippen LogP contribution in [0.25, 0.3) is 0 Å². The lowest BCUT2D eigenvalue weighted by Crippen LogP contribution is -2.11.